The Morgan fingerprint density at radius 1 is 1.16 bits per heavy atom. The normalized spacial score (nSPS) is 11.0. The summed E-state index contributed by atoms with van der Waals surface area (Å²) < 4.78 is 16.1. The van der Waals surface area contributed by atoms with Crippen LogP contribution in [0.5, 0.6) is 11.5 Å². The minimum absolute atomic E-state index is 0.164. The number of fused-ring (bicyclic) bond motifs is 1. The van der Waals surface area contributed by atoms with Crippen molar-refractivity contribution in [3.63, 3.8) is 0 Å². The Kier molecular flexibility index (Phi) is 7.54. The van der Waals surface area contributed by atoms with Gasteiger partial charge in [-0.15, -0.1) is 0 Å². The maximum Gasteiger partial charge on any atom is 0.253 e. The predicted molar refractivity (Wildman–Crippen MR) is 125 cm³/mol. The van der Waals surface area contributed by atoms with E-state index in [0.29, 0.717) is 47.3 Å². The summed E-state index contributed by atoms with van der Waals surface area (Å²) in [6, 6.07) is 9.20. The monoisotopic (exact) mass is 444 g/mol. The van der Waals surface area contributed by atoms with Crippen LogP contribution in [-0.2, 0) is 13.1 Å². The lowest BCUT2D eigenvalue weighted by Gasteiger charge is -2.27. The van der Waals surface area contributed by atoms with Gasteiger partial charge in [-0.1, -0.05) is 0 Å². The number of rotatable bonds is 9. The van der Waals surface area contributed by atoms with Gasteiger partial charge in [-0.25, -0.2) is 0 Å². The Bertz CT molecular complexity index is 1080. The van der Waals surface area contributed by atoms with E-state index in [0.717, 1.165) is 17.7 Å². The minimum Gasteiger partial charge on any atom is -0.493 e. The van der Waals surface area contributed by atoms with Gasteiger partial charge < -0.3 is 34.0 Å². The standard InChI is InChI=1S/C22H28N4O4S/c1-25(2)7-8-26(22(31)23-13-17-6-5-9-30-17)14-16-10-15-11-19(28-3)20(29-4)12-18(15)24-21(16)27/h5-6,9-12H,7-8,13-14H2,1-4H3,(H,23,31)(H,24,27). The molecule has 31 heavy (non-hydrogen) atoms. The summed E-state index contributed by atoms with van der Waals surface area (Å²) in [5.74, 6) is 1.96. The Morgan fingerprint density at radius 2 is 1.90 bits per heavy atom. The third-order valence-corrected chi connectivity index (χ3v) is 5.29. The molecule has 0 aliphatic rings. The molecule has 0 atom stereocenters. The molecule has 0 aliphatic carbocycles. The van der Waals surface area contributed by atoms with E-state index in [9.17, 15) is 4.79 Å². The summed E-state index contributed by atoms with van der Waals surface area (Å²) in [6.07, 6.45) is 1.63. The number of ether oxygens (including phenoxy) is 2. The topological polar surface area (TPSA) is 83.0 Å². The van der Waals surface area contributed by atoms with Crippen LogP contribution in [0.2, 0.25) is 0 Å². The van der Waals surface area contributed by atoms with Crippen LogP contribution >= 0.6 is 12.2 Å². The fourth-order valence-electron chi connectivity index (χ4n) is 3.16. The summed E-state index contributed by atoms with van der Waals surface area (Å²) >= 11 is 5.62. The number of methoxy groups -OCH3 is 2. The summed E-state index contributed by atoms with van der Waals surface area (Å²) in [6.45, 7) is 2.31. The van der Waals surface area contributed by atoms with Crippen LogP contribution in [0.25, 0.3) is 10.9 Å². The van der Waals surface area contributed by atoms with Crippen LogP contribution in [-0.4, -0.2) is 61.3 Å². The molecule has 0 unspecified atom stereocenters. The number of nitrogens with zero attached hydrogens (tertiary/aromatic N) is 2. The van der Waals surface area contributed by atoms with Gasteiger partial charge in [0.1, 0.15) is 5.76 Å². The Balaban J connectivity index is 1.85. The van der Waals surface area contributed by atoms with E-state index in [2.05, 4.69) is 15.2 Å². The van der Waals surface area contributed by atoms with E-state index in [-0.39, 0.29) is 5.56 Å². The largest absolute Gasteiger partial charge is 0.493 e. The van der Waals surface area contributed by atoms with Gasteiger partial charge in [0.15, 0.2) is 16.6 Å². The second-order valence-electron chi connectivity index (χ2n) is 7.38. The molecule has 3 rings (SSSR count). The van der Waals surface area contributed by atoms with E-state index >= 15 is 0 Å². The Morgan fingerprint density at radius 3 is 2.55 bits per heavy atom. The van der Waals surface area contributed by atoms with Crippen molar-refractivity contribution in [2.45, 2.75) is 13.1 Å². The first-order valence-corrected chi connectivity index (χ1v) is 10.3. The minimum atomic E-state index is -0.164. The number of pyridine rings is 1. The van der Waals surface area contributed by atoms with Crippen molar-refractivity contribution >= 4 is 28.2 Å². The van der Waals surface area contributed by atoms with Crippen LogP contribution < -0.4 is 20.3 Å². The van der Waals surface area contributed by atoms with Crippen molar-refractivity contribution in [2.75, 3.05) is 41.4 Å². The fourth-order valence-corrected chi connectivity index (χ4v) is 3.39. The van der Waals surface area contributed by atoms with Gasteiger partial charge >= 0.3 is 0 Å². The first kappa shape index (κ1) is 22.6. The molecule has 2 heterocycles. The lowest BCUT2D eigenvalue weighted by molar-refractivity contribution is 0.321. The molecule has 0 fully saturated rings. The zero-order valence-corrected chi connectivity index (χ0v) is 19.0. The van der Waals surface area contributed by atoms with Gasteiger partial charge in [-0.05, 0) is 50.6 Å². The number of aromatic amines is 1. The van der Waals surface area contributed by atoms with Gasteiger partial charge in [0.05, 0.1) is 39.1 Å². The van der Waals surface area contributed by atoms with Crippen LogP contribution in [0, 0.1) is 0 Å². The summed E-state index contributed by atoms with van der Waals surface area (Å²) in [7, 11) is 7.15. The van der Waals surface area contributed by atoms with E-state index in [1.165, 1.54) is 0 Å². The number of nitrogens with one attached hydrogen (secondary N) is 2. The summed E-state index contributed by atoms with van der Waals surface area (Å²) in [5.41, 5.74) is 1.13. The first-order valence-electron chi connectivity index (χ1n) is 9.89. The summed E-state index contributed by atoms with van der Waals surface area (Å²) in [5, 5.41) is 4.63. The van der Waals surface area contributed by atoms with Crippen LogP contribution in [0.1, 0.15) is 11.3 Å². The fraction of sp³-hybridized carbons (Fsp3) is 0.364. The molecule has 2 aromatic heterocycles. The number of aromatic nitrogens is 1. The quantitative estimate of drug-likeness (QED) is 0.488. The third-order valence-electron chi connectivity index (χ3n) is 4.88. The number of likely N-dealkylation sites (N-methyl/N-ethyl adjacent to an activating group) is 1. The average molecular weight is 445 g/mol. The highest BCUT2D eigenvalue weighted by Gasteiger charge is 2.15. The van der Waals surface area contributed by atoms with E-state index in [4.69, 9.17) is 26.1 Å². The van der Waals surface area contributed by atoms with Gasteiger partial charge in [0.2, 0.25) is 0 Å². The maximum absolute atomic E-state index is 12.8. The van der Waals surface area contributed by atoms with Crippen molar-refractivity contribution in [1.82, 2.24) is 20.1 Å². The van der Waals surface area contributed by atoms with E-state index in [1.54, 1.807) is 26.5 Å². The van der Waals surface area contributed by atoms with Gasteiger partial charge in [-0.2, -0.15) is 0 Å². The molecule has 3 aromatic rings. The molecule has 2 N–H and O–H groups in total. The van der Waals surface area contributed by atoms with E-state index < -0.39 is 0 Å². The molecular formula is C22H28N4O4S. The smallest absolute Gasteiger partial charge is 0.253 e. The average Bonchev–Trinajstić information content (AvgIpc) is 3.27. The number of hydrogen-bond acceptors (Lipinski definition) is 6. The van der Waals surface area contributed by atoms with Crippen molar-refractivity contribution in [3.05, 3.63) is 58.3 Å². The van der Waals surface area contributed by atoms with Gasteiger partial charge in [0.25, 0.3) is 5.56 Å². The predicted octanol–water partition coefficient (Wildman–Crippen LogP) is 2.58. The first-order chi connectivity index (χ1) is 14.9. The maximum atomic E-state index is 12.8. The second-order valence-corrected chi connectivity index (χ2v) is 7.77. The van der Waals surface area contributed by atoms with E-state index in [1.807, 2.05) is 43.3 Å². The molecule has 9 heteroatoms. The third kappa shape index (κ3) is 5.77. The number of benzene rings is 1. The highest BCUT2D eigenvalue weighted by Crippen LogP contribution is 2.31. The van der Waals surface area contributed by atoms with Crippen LogP contribution in [0.4, 0.5) is 0 Å². The molecule has 8 nitrogen and oxygen atoms in total. The molecule has 0 bridgehead atoms. The highest BCUT2D eigenvalue weighted by molar-refractivity contribution is 7.80. The Labute approximate surface area is 186 Å². The molecular weight excluding hydrogens is 416 g/mol. The molecule has 0 saturated heterocycles. The zero-order valence-electron chi connectivity index (χ0n) is 18.2. The van der Waals surface area contributed by atoms with Crippen LogP contribution in [0.3, 0.4) is 0 Å². The number of thiocarbonyl (C=S) groups is 1. The summed E-state index contributed by atoms with van der Waals surface area (Å²) in [4.78, 5) is 19.8. The lowest BCUT2D eigenvalue weighted by atomic mass is 10.1. The molecule has 0 spiro atoms. The molecule has 0 saturated carbocycles. The molecule has 0 amide bonds. The van der Waals surface area contributed by atoms with Gasteiger partial charge in [-0.3, -0.25) is 4.79 Å². The highest BCUT2D eigenvalue weighted by atomic mass is 32.1. The number of hydrogen-bond donors (Lipinski definition) is 2. The number of furan rings is 1. The van der Waals surface area contributed by atoms with Gasteiger partial charge in [0, 0.05) is 30.1 Å². The van der Waals surface area contributed by atoms with Crippen molar-refractivity contribution in [1.29, 1.82) is 0 Å². The zero-order chi connectivity index (χ0) is 22.4. The second kappa shape index (κ2) is 10.3. The van der Waals surface area contributed by atoms with Crippen LogP contribution in [0.15, 0.2) is 45.8 Å². The Hall–Kier alpha value is -3.04. The number of H-pyrrole nitrogens is 1. The molecule has 166 valence electrons. The van der Waals surface area contributed by atoms with Crippen molar-refractivity contribution in [2.24, 2.45) is 0 Å². The SMILES string of the molecule is COc1cc2cc(CN(CCN(C)C)C(=S)NCc3ccco3)c(=O)[nH]c2cc1OC. The molecule has 0 aliphatic heterocycles. The van der Waals surface area contributed by atoms with Crippen molar-refractivity contribution < 1.29 is 13.9 Å². The molecule has 1 aromatic carbocycles. The lowest BCUT2D eigenvalue weighted by Crippen LogP contribution is -2.43. The molecule has 0 radical (unpaired) electrons. The van der Waals surface area contributed by atoms with Crippen molar-refractivity contribution in [3.8, 4) is 11.5 Å².